The number of anilines is 3. The molecule has 0 spiro atoms. The number of carbonyl (C=O) groups excluding carboxylic acids is 3. The summed E-state index contributed by atoms with van der Waals surface area (Å²) in [6.45, 7) is 4.06. The van der Waals surface area contributed by atoms with Crippen molar-refractivity contribution < 1.29 is 19.5 Å². The largest absolute Gasteiger partial charge is 0.504 e. The summed E-state index contributed by atoms with van der Waals surface area (Å²) in [4.78, 5) is 50.5. The van der Waals surface area contributed by atoms with Crippen LogP contribution >= 0.6 is 23.2 Å². The van der Waals surface area contributed by atoms with Gasteiger partial charge in [0.1, 0.15) is 5.69 Å². The van der Waals surface area contributed by atoms with Crippen LogP contribution in [0.4, 0.5) is 39.8 Å². The zero-order valence-corrected chi connectivity index (χ0v) is 44.9. The molecule has 13 aromatic rings. The third kappa shape index (κ3) is 8.09. The van der Waals surface area contributed by atoms with Crippen molar-refractivity contribution in [3.8, 4) is 16.9 Å². The van der Waals surface area contributed by atoms with Crippen molar-refractivity contribution in [2.75, 3.05) is 10.2 Å². The molecular formula is C67H44Cl2N8O4. The normalized spacial score (nSPS) is 12.4. The molecule has 14 heteroatoms. The van der Waals surface area contributed by atoms with Crippen LogP contribution in [0, 0.1) is 0 Å². The number of nitrogens with zero attached hydrogens (tertiary/aromatic N) is 5. The van der Waals surface area contributed by atoms with Crippen molar-refractivity contribution in [1.29, 1.82) is 0 Å². The quantitative estimate of drug-likeness (QED) is 0.0748. The number of fused-ring (bicyclic) bond motifs is 12. The van der Waals surface area contributed by atoms with Gasteiger partial charge in [-0.2, -0.15) is 5.11 Å². The van der Waals surface area contributed by atoms with Crippen molar-refractivity contribution >= 4 is 157 Å². The zero-order chi connectivity index (χ0) is 55.2. The smallest absolute Gasteiger partial charge is 0.255 e. The van der Waals surface area contributed by atoms with E-state index in [1.165, 1.54) is 4.90 Å². The van der Waals surface area contributed by atoms with Crippen molar-refractivity contribution in [3.63, 3.8) is 0 Å². The van der Waals surface area contributed by atoms with Gasteiger partial charge in [0.15, 0.2) is 11.5 Å². The highest BCUT2D eigenvalue weighted by molar-refractivity contribution is 6.33. The zero-order valence-electron chi connectivity index (χ0n) is 43.4. The van der Waals surface area contributed by atoms with Gasteiger partial charge in [-0.05, 0) is 131 Å². The molecule has 1 aliphatic rings. The second-order valence-corrected chi connectivity index (χ2v) is 21.0. The molecule has 0 unspecified atom stereocenters. The molecule has 1 aliphatic carbocycles. The third-order valence-electron chi connectivity index (χ3n) is 15.6. The van der Waals surface area contributed by atoms with E-state index in [2.05, 4.69) is 22.2 Å². The van der Waals surface area contributed by atoms with E-state index >= 15 is 0 Å². The van der Waals surface area contributed by atoms with Crippen LogP contribution in [-0.2, 0) is 17.6 Å². The Kier molecular flexibility index (Phi) is 11.8. The Hall–Kier alpha value is -10.0. The number of hydrogen-bond donors (Lipinski definition) is 4. The summed E-state index contributed by atoms with van der Waals surface area (Å²) in [5.41, 5.74) is 11.1. The average Bonchev–Trinajstić information content (AvgIpc) is 4.25. The SMILES string of the molecule is CCc1ccccc1NC(=O)c1cc(N=Nc2ccc3c4c(cccc24)C(=O)c2cc(N=Nc4c(O)c(N(C=O)c5ccccc5CC)cc5ccc6c7cc(Cl)ccc7[nH]c6c45)ccc2-3)c2c(ccc3c4cc(Cl)ccc4[nH]c32)c1. The summed E-state index contributed by atoms with van der Waals surface area (Å²) < 4.78 is 0. The highest BCUT2D eigenvalue weighted by Crippen LogP contribution is 2.50. The van der Waals surface area contributed by atoms with E-state index in [1.807, 2.05) is 153 Å². The number of aromatic nitrogens is 2. The maximum Gasteiger partial charge on any atom is 0.255 e. The topological polar surface area (TPSA) is 168 Å². The molecule has 11 aromatic carbocycles. The van der Waals surface area contributed by atoms with Gasteiger partial charge < -0.3 is 20.4 Å². The molecule has 0 saturated heterocycles. The van der Waals surface area contributed by atoms with E-state index in [4.69, 9.17) is 43.7 Å². The number of aromatic hydroxyl groups is 1. The number of phenolic OH excluding ortho intramolecular Hbond substituents is 1. The first-order valence-corrected chi connectivity index (χ1v) is 27.2. The lowest BCUT2D eigenvalue weighted by atomic mass is 9.82. The fourth-order valence-electron chi connectivity index (χ4n) is 11.8. The number of benzene rings is 11. The number of aryl methyl sites for hydroxylation is 2. The Labute approximate surface area is 472 Å². The third-order valence-corrected chi connectivity index (χ3v) is 16.1. The minimum absolute atomic E-state index is 0.129. The molecule has 14 rings (SSSR count). The number of halogens is 2. The van der Waals surface area contributed by atoms with Gasteiger partial charge in [-0.25, -0.2) is 0 Å². The van der Waals surface area contributed by atoms with Crippen LogP contribution in [0.15, 0.2) is 196 Å². The maximum absolute atomic E-state index is 14.8. The molecule has 2 amide bonds. The summed E-state index contributed by atoms with van der Waals surface area (Å²) in [6.07, 6.45) is 2.09. The number of phenols is 1. The summed E-state index contributed by atoms with van der Waals surface area (Å²) >= 11 is 13.0. The van der Waals surface area contributed by atoms with E-state index in [9.17, 15) is 19.5 Å². The number of amides is 2. The first-order chi connectivity index (χ1) is 39.6. The van der Waals surface area contributed by atoms with E-state index in [-0.39, 0.29) is 28.8 Å². The van der Waals surface area contributed by atoms with Gasteiger partial charge in [-0.1, -0.05) is 128 Å². The van der Waals surface area contributed by atoms with Gasteiger partial charge in [-0.15, -0.1) is 15.3 Å². The molecular weight excluding hydrogens is 1050 g/mol. The predicted octanol–water partition coefficient (Wildman–Crippen LogP) is 19.1. The van der Waals surface area contributed by atoms with Crippen molar-refractivity contribution in [2.45, 2.75) is 26.7 Å². The highest BCUT2D eigenvalue weighted by Gasteiger charge is 2.28. The summed E-state index contributed by atoms with van der Waals surface area (Å²) in [5.74, 6) is -0.752. The molecule has 0 aliphatic heterocycles. The lowest BCUT2D eigenvalue weighted by Crippen LogP contribution is -2.16. The van der Waals surface area contributed by atoms with Crippen LogP contribution in [0.1, 0.15) is 51.3 Å². The van der Waals surface area contributed by atoms with Crippen LogP contribution in [0.25, 0.3) is 87.1 Å². The fraction of sp³-hybridized carbons (Fsp3) is 0.0597. The molecule has 0 atom stereocenters. The van der Waals surface area contributed by atoms with Gasteiger partial charge in [0.25, 0.3) is 5.91 Å². The maximum atomic E-state index is 14.8. The first kappa shape index (κ1) is 49.3. The molecule has 81 heavy (non-hydrogen) atoms. The number of ketones is 1. The number of carbonyl (C=O) groups is 3. The first-order valence-electron chi connectivity index (χ1n) is 26.4. The molecule has 4 N–H and O–H groups in total. The molecule has 2 heterocycles. The van der Waals surface area contributed by atoms with Crippen molar-refractivity contribution in [2.24, 2.45) is 20.5 Å². The van der Waals surface area contributed by atoms with Gasteiger partial charge in [-0.3, -0.25) is 19.3 Å². The van der Waals surface area contributed by atoms with E-state index in [0.717, 1.165) is 88.4 Å². The molecule has 0 fully saturated rings. The van der Waals surface area contributed by atoms with Gasteiger partial charge in [0.05, 0.1) is 39.5 Å². The summed E-state index contributed by atoms with van der Waals surface area (Å²) in [7, 11) is 0. The molecule has 0 bridgehead atoms. The number of rotatable bonds is 11. The number of para-hydroxylation sites is 2. The van der Waals surface area contributed by atoms with Crippen molar-refractivity contribution in [3.05, 3.63) is 214 Å². The minimum Gasteiger partial charge on any atom is -0.504 e. The molecule has 2 aromatic heterocycles. The summed E-state index contributed by atoms with van der Waals surface area (Å²) in [5, 5.41) is 44.0. The fourth-order valence-corrected chi connectivity index (χ4v) is 12.1. The Morgan fingerprint density at radius 3 is 1.95 bits per heavy atom. The Morgan fingerprint density at radius 1 is 0.556 bits per heavy atom. The van der Waals surface area contributed by atoms with Crippen LogP contribution in [0.3, 0.4) is 0 Å². The minimum atomic E-state index is -0.282. The monoisotopic (exact) mass is 1090 g/mol. The average molecular weight is 1100 g/mol. The highest BCUT2D eigenvalue weighted by atomic mass is 35.5. The second kappa shape index (κ2) is 19.4. The van der Waals surface area contributed by atoms with Gasteiger partial charge in [0, 0.05) is 86.5 Å². The molecule has 390 valence electrons. The summed E-state index contributed by atoms with van der Waals surface area (Å²) in [6, 6.07) is 54.7. The number of aromatic amines is 2. The van der Waals surface area contributed by atoms with E-state index in [0.29, 0.717) is 84.2 Å². The van der Waals surface area contributed by atoms with Gasteiger partial charge in [0.2, 0.25) is 6.41 Å². The second-order valence-electron chi connectivity index (χ2n) is 20.1. The number of azo groups is 2. The van der Waals surface area contributed by atoms with Crippen LogP contribution in [0.5, 0.6) is 5.75 Å². The number of hydrogen-bond acceptors (Lipinski definition) is 8. The van der Waals surface area contributed by atoms with E-state index in [1.54, 1.807) is 30.3 Å². The van der Waals surface area contributed by atoms with E-state index < -0.39 is 0 Å². The van der Waals surface area contributed by atoms with Crippen LogP contribution in [0.2, 0.25) is 10.0 Å². The Morgan fingerprint density at radius 2 is 1.22 bits per heavy atom. The van der Waals surface area contributed by atoms with Gasteiger partial charge >= 0.3 is 0 Å². The van der Waals surface area contributed by atoms with Crippen LogP contribution in [-0.4, -0.2) is 33.2 Å². The lowest BCUT2D eigenvalue weighted by Gasteiger charge is -2.23. The molecule has 12 nitrogen and oxygen atoms in total. The number of nitrogens with one attached hydrogen (secondary N) is 3. The predicted molar refractivity (Wildman–Crippen MR) is 327 cm³/mol. The van der Waals surface area contributed by atoms with Crippen LogP contribution < -0.4 is 10.2 Å². The van der Waals surface area contributed by atoms with Crippen molar-refractivity contribution in [1.82, 2.24) is 9.97 Å². The Balaban J connectivity index is 0.866. The standard InChI is InChI=1S/C67H44Cl2N8O4/c1-3-35-10-5-7-14-52(35)72-67(81)39-28-37-16-21-45-49-31-40(68)18-25-53(49)70-62(45)59(37)56(29-39)75-74-55-27-24-44-43-23-20-42(33-51(43)65(79)48-13-9-12-47(55)61(44)48)73-76-64-60-38(17-22-46-50-32-41(69)19-26-54(50)71-63(46)60)30-58(66(64)80)77(34-78)57-15-8-6-11-36(57)4-2/h5-34,70-71,80H,3-4H2,1-2H3,(H,72,81). The number of H-pyrrole nitrogens is 2. The molecule has 0 saturated carbocycles. The Bertz CT molecular complexity index is 4960. The lowest BCUT2D eigenvalue weighted by molar-refractivity contribution is -0.106. The molecule has 0 radical (unpaired) electrons.